The van der Waals surface area contributed by atoms with Crippen molar-refractivity contribution in [1.82, 2.24) is 5.32 Å². The van der Waals surface area contributed by atoms with Gasteiger partial charge >= 0.3 is 0 Å². The molecule has 104 valence electrons. The van der Waals surface area contributed by atoms with Crippen LogP contribution in [0.15, 0.2) is 4.99 Å². The van der Waals surface area contributed by atoms with Crippen molar-refractivity contribution >= 4 is 6.34 Å². The van der Waals surface area contributed by atoms with Crippen LogP contribution in [0.1, 0.15) is 32.1 Å². The van der Waals surface area contributed by atoms with Crippen LogP contribution in [-0.4, -0.2) is 63.3 Å². The number of morpholine rings is 1. The van der Waals surface area contributed by atoms with Crippen LogP contribution in [-0.2, 0) is 4.74 Å². The van der Waals surface area contributed by atoms with Gasteiger partial charge < -0.3 is 14.5 Å². The van der Waals surface area contributed by atoms with Gasteiger partial charge in [0.2, 0.25) is 0 Å². The molecule has 2 aliphatic rings. The Balaban J connectivity index is 1.59. The first-order valence-electron chi connectivity index (χ1n) is 7.44. The van der Waals surface area contributed by atoms with Gasteiger partial charge in [0.25, 0.3) is 0 Å². The van der Waals surface area contributed by atoms with E-state index in [-0.39, 0.29) is 0 Å². The number of hydrogen-bond acceptors (Lipinski definition) is 2. The van der Waals surface area contributed by atoms with Gasteiger partial charge in [-0.1, -0.05) is 19.3 Å². The Morgan fingerprint density at radius 3 is 2.67 bits per heavy atom. The zero-order chi connectivity index (χ0) is 12.7. The second-order valence-corrected chi connectivity index (χ2v) is 5.94. The molecule has 1 saturated heterocycles. The second kappa shape index (κ2) is 7.10. The van der Waals surface area contributed by atoms with Gasteiger partial charge in [0.05, 0.1) is 39.7 Å². The molecule has 4 nitrogen and oxygen atoms in total. The summed E-state index contributed by atoms with van der Waals surface area (Å²) in [5.41, 5.74) is 0. The molecule has 0 amide bonds. The van der Waals surface area contributed by atoms with Crippen molar-refractivity contribution in [2.75, 3.05) is 46.4 Å². The summed E-state index contributed by atoms with van der Waals surface area (Å²) >= 11 is 0. The maximum absolute atomic E-state index is 5.41. The van der Waals surface area contributed by atoms with Crippen LogP contribution in [0.25, 0.3) is 0 Å². The first-order valence-corrected chi connectivity index (χ1v) is 7.44. The third-order valence-electron chi connectivity index (χ3n) is 4.33. The van der Waals surface area contributed by atoms with Crippen LogP contribution in [0.3, 0.4) is 0 Å². The zero-order valence-electron chi connectivity index (χ0n) is 11.7. The minimum atomic E-state index is 0.677. The molecule has 0 atom stereocenters. The van der Waals surface area contributed by atoms with Crippen molar-refractivity contribution < 1.29 is 9.22 Å². The van der Waals surface area contributed by atoms with Gasteiger partial charge in [0.1, 0.15) is 13.1 Å². The average molecular weight is 254 g/mol. The van der Waals surface area contributed by atoms with E-state index >= 15 is 0 Å². The summed E-state index contributed by atoms with van der Waals surface area (Å²) in [5.74, 6) is 0. The molecule has 2 rings (SSSR count). The van der Waals surface area contributed by atoms with Gasteiger partial charge in [-0.2, -0.15) is 0 Å². The Labute approximate surface area is 111 Å². The topological polar surface area (TPSA) is 33.6 Å². The van der Waals surface area contributed by atoms with Crippen LogP contribution in [0.4, 0.5) is 0 Å². The lowest BCUT2D eigenvalue weighted by Gasteiger charge is -2.37. The molecule has 0 aromatic rings. The number of aliphatic imine (C=N–C) groups is 1. The molecule has 0 bridgehead atoms. The van der Waals surface area contributed by atoms with E-state index in [4.69, 9.17) is 4.74 Å². The van der Waals surface area contributed by atoms with E-state index in [2.05, 4.69) is 17.4 Å². The average Bonchev–Trinajstić information content (AvgIpc) is 2.40. The molecule has 0 spiro atoms. The van der Waals surface area contributed by atoms with Gasteiger partial charge in [-0.15, -0.1) is 0 Å². The minimum Gasteiger partial charge on any atom is -0.374 e. The van der Waals surface area contributed by atoms with E-state index in [1.807, 2.05) is 6.34 Å². The summed E-state index contributed by atoms with van der Waals surface area (Å²) in [6.07, 6.45) is 8.74. The molecule has 2 fully saturated rings. The Hall–Kier alpha value is -0.610. The molecule has 1 heterocycles. The fourth-order valence-corrected chi connectivity index (χ4v) is 2.80. The normalized spacial score (nSPS) is 25.4. The Morgan fingerprint density at radius 2 is 1.94 bits per heavy atom. The standard InChI is InChI=1S/C14H28N3O/c1-17(9-11-18-12-10-17)8-7-15-13-16-14-5-3-2-4-6-14/h13-14H,2-12H2,1H3,(H,15,16)/q+1. The van der Waals surface area contributed by atoms with Gasteiger partial charge in [-0.3, -0.25) is 4.99 Å². The number of likely N-dealkylation sites (N-methyl/N-ethyl adjacent to an activating group) is 1. The summed E-state index contributed by atoms with van der Waals surface area (Å²) in [7, 11) is 2.31. The van der Waals surface area contributed by atoms with Crippen LogP contribution in [0.2, 0.25) is 0 Å². The molecule has 0 radical (unpaired) electrons. The Morgan fingerprint density at radius 1 is 1.22 bits per heavy atom. The predicted octanol–water partition coefficient (Wildman–Crippen LogP) is 1.41. The van der Waals surface area contributed by atoms with Crippen molar-refractivity contribution in [3.63, 3.8) is 0 Å². The molecule has 1 N–H and O–H groups in total. The van der Waals surface area contributed by atoms with Crippen molar-refractivity contribution in [3.05, 3.63) is 0 Å². The lowest BCUT2D eigenvalue weighted by atomic mass is 9.96. The number of rotatable bonds is 5. The predicted molar refractivity (Wildman–Crippen MR) is 75.0 cm³/mol. The monoisotopic (exact) mass is 254 g/mol. The summed E-state index contributed by atoms with van der Waals surface area (Å²) in [4.78, 5) is 4.51. The molecule has 4 heteroatoms. The maximum atomic E-state index is 5.41. The lowest BCUT2D eigenvalue weighted by molar-refractivity contribution is -0.915. The van der Waals surface area contributed by atoms with E-state index in [0.717, 1.165) is 43.9 Å². The van der Waals surface area contributed by atoms with Crippen molar-refractivity contribution in [3.8, 4) is 0 Å². The Kier molecular flexibility index (Phi) is 5.45. The summed E-state index contributed by atoms with van der Waals surface area (Å²) in [6, 6.07) is 0.677. The third-order valence-corrected chi connectivity index (χ3v) is 4.33. The summed E-state index contributed by atoms with van der Waals surface area (Å²) in [6.45, 7) is 6.13. The fourth-order valence-electron chi connectivity index (χ4n) is 2.80. The quantitative estimate of drug-likeness (QED) is 0.457. The van der Waals surface area contributed by atoms with Crippen molar-refractivity contribution in [1.29, 1.82) is 0 Å². The van der Waals surface area contributed by atoms with E-state index in [1.165, 1.54) is 32.1 Å². The Bertz CT molecular complexity index is 256. The third kappa shape index (κ3) is 4.58. The molecule has 0 unspecified atom stereocenters. The van der Waals surface area contributed by atoms with Crippen molar-refractivity contribution in [2.45, 2.75) is 38.1 Å². The second-order valence-electron chi connectivity index (χ2n) is 5.94. The first-order chi connectivity index (χ1) is 8.79. The molecule has 0 aromatic carbocycles. The maximum Gasteiger partial charge on any atom is 0.102 e. The molecule has 1 aliphatic heterocycles. The molecule has 1 saturated carbocycles. The van der Waals surface area contributed by atoms with E-state index < -0.39 is 0 Å². The van der Waals surface area contributed by atoms with E-state index in [9.17, 15) is 0 Å². The number of nitrogens with zero attached hydrogens (tertiary/aromatic N) is 2. The minimum absolute atomic E-state index is 0.677. The van der Waals surface area contributed by atoms with Gasteiger partial charge in [-0.25, -0.2) is 0 Å². The highest BCUT2D eigenvalue weighted by Crippen LogP contribution is 2.16. The zero-order valence-corrected chi connectivity index (χ0v) is 11.7. The van der Waals surface area contributed by atoms with Crippen LogP contribution < -0.4 is 5.32 Å². The summed E-state index contributed by atoms with van der Waals surface area (Å²) < 4.78 is 6.52. The van der Waals surface area contributed by atoms with Crippen molar-refractivity contribution in [2.24, 2.45) is 4.99 Å². The van der Waals surface area contributed by atoms with E-state index in [0.29, 0.717) is 6.04 Å². The highest BCUT2D eigenvalue weighted by Gasteiger charge is 2.24. The highest BCUT2D eigenvalue weighted by atomic mass is 16.5. The molecular weight excluding hydrogens is 226 g/mol. The molecule has 18 heavy (non-hydrogen) atoms. The largest absolute Gasteiger partial charge is 0.374 e. The highest BCUT2D eigenvalue weighted by molar-refractivity contribution is 5.54. The number of ether oxygens (including phenoxy) is 1. The van der Waals surface area contributed by atoms with E-state index in [1.54, 1.807) is 0 Å². The summed E-state index contributed by atoms with van der Waals surface area (Å²) in [5, 5.41) is 3.45. The number of quaternary nitrogens is 1. The molecular formula is C14H28N3O+. The number of hydrogen-bond donors (Lipinski definition) is 1. The number of nitrogens with one attached hydrogen (secondary N) is 1. The van der Waals surface area contributed by atoms with Crippen LogP contribution in [0, 0.1) is 0 Å². The lowest BCUT2D eigenvalue weighted by Crippen LogP contribution is -2.53. The SMILES string of the molecule is C[N+]1(CCN=CNC2CCCCC2)CCOCC1. The van der Waals surface area contributed by atoms with Gasteiger partial charge in [0, 0.05) is 6.04 Å². The smallest absolute Gasteiger partial charge is 0.102 e. The van der Waals surface area contributed by atoms with Crippen LogP contribution >= 0.6 is 0 Å². The van der Waals surface area contributed by atoms with Gasteiger partial charge in [0.15, 0.2) is 0 Å². The van der Waals surface area contributed by atoms with Crippen LogP contribution in [0.5, 0.6) is 0 Å². The molecule has 0 aromatic heterocycles. The van der Waals surface area contributed by atoms with Gasteiger partial charge in [-0.05, 0) is 12.8 Å². The first kappa shape index (κ1) is 13.8. The molecule has 1 aliphatic carbocycles. The fraction of sp³-hybridized carbons (Fsp3) is 0.929.